The van der Waals surface area contributed by atoms with E-state index < -0.39 is 40.6 Å². The van der Waals surface area contributed by atoms with Crippen molar-refractivity contribution in [3.8, 4) is 23.0 Å². The number of phenols is 1. The molecule has 4 aliphatic carbocycles. The van der Waals surface area contributed by atoms with Crippen LogP contribution >= 0.6 is 11.8 Å². The molecule has 4 fully saturated rings. The maximum absolute atomic E-state index is 12.7. The fourth-order valence-electron chi connectivity index (χ4n) is 15.6. The number of aromatic carboxylic acids is 1. The molecule has 7 aliphatic rings. The minimum atomic E-state index is -0.942. The number of carbonyl (C=O) groups excluding carboxylic acids is 1. The molecule has 0 radical (unpaired) electrons. The number of carbonyl (C=O) groups is 3. The van der Waals surface area contributed by atoms with E-state index in [2.05, 4.69) is 113 Å². The minimum Gasteiger partial charge on any atom is -0.504 e. The standard InChI is InChI=1S/C20H23NO4.C17H20N2S.C16H25NO2.C14H14O3.C8H10N4O2.C6H5NO2/c22-13-4-3-12-9-15-20(24)6-5-14(23)18-19(20,16(12)17(13)25-18)7-8-21(15)10-11-1-2-11;1-13(18(2)3)12-19-14-8-4-6-10-16(14)20-17-11-7-5-9-15(17)19;1-17(2)12-14-7-4-5-10-16(14,18)13-8-6-9-15(11-13)19-3;1-9(14(15)16)10-3-4-12-8-13(17-2)6-5-11(12)7-10;1-10-4-9-6-5(10)7(13)12(3)8(14)11(6)2;8-6(9)5-2-1-3-7-4-5/h3-4,11,15,18,22,24H,1-2,5-10H2;4-11,13H,12H2,1-3H3;6,8-9,11,14,18H,4-5,7,10,12H2,1-3H3;3-9H,1-2H3,(H,15,16);4H,1-3H3;1-4H,(H,8,9)/t15-,18+,19+,20-;;14-,16+;9-;;/m1.10../s1. The lowest BCUT2D eigenvalue weighted by atomic mass is 9.49. The molecule has 3 aromatic heterocycles. The van der Waals surface area contributed by atoms with Crippen molar-refractivity contribution in [2.45, 2.75) is 129 Å². The van der Waals surface area contributed by atoms with Crippen molar-refractivity contribution in [1.82, 2.24) is 38.4 Å². The Kier molecular flexibility index (Phi) is 23.3. The number of aliphatic carboxylic acids is 1. The molecule has 8 atom stereocenters. The Bertz CT molecular complexity index is 4670. The van der Waals surface area contributed by atoms with Crippen LogP contribution in [0.4, 0.5) is 11.4 Å². The first-order valence-corrected chi connectivity index (χ1v) is 36.4. The second kappa shape index (κ2) is 31.9. The highest BCUT2D eigenvalue weighted by atomic mass is 32.2. The summed E-state index contributed by atoms with van der Waals surface area (Å²) in [6, 6.07) is 44.0. The number of phenolic OH excluding ortho intramolecular Hbond substituents is 1. The fraction of sp³-hybridized carbons (Fsp3) is 0.420. The highest BCUT2D eigenvalue weighted by Gasteiger charge is 2.73. The number of fused-ring (bicyclic) bond motifs is 4. The third-order valence-corrected chi connectivity index (χ3v) is 22.9. The van der Waals surface area contributed by atoms with E-state index in [4.69, 9.17) is 24.4 Å². The highest BCUT2D eigenvalue weighted by molar-refractivity contribution is 7.99. The van der Waals surface area contributed by atoms with E-state index in [1.165, 1.54) is 76.8 Å². The first-order chi connectivity index (χ1) is 49.7. The van der Waals surface area contributed by atoms with Crippen LogP contribution in [0.2, 0.25) is 0 Å². The van der Waals surface area contributed by atoms with Gasteiger partial charge in [-0.3, -0.25) is 33.4 Å². The number of carboxylic acids is 2. The third-order valence-electron chi connectivity index (χ3n) is 21.8. The third kappa shape index (κ3) is 15.4. The SMILES string of the molecule is CC(CN1c2ccccc2Sc2ccccc21)N(C)C.COc1ccc2cc([C@H](C)C(=O)O)ccc2c1.COc1cccc([C@@]2(O)CCCC[C@@H]2CN(C)C)c1.Cn1c(=O)c2c(ncn2C)n(C)c1=O.O=C(O)c1cccnc1.O=C1CC[C@@]2(O)[C@H]3Cc4ccc(O)c5c4[C@@]2(CCN3CC2CC2)[C@H]1O5. The highest BCUT2D eigenvalue weighted by Crippen LogP contribution is 2.65. The van der Waals surface area contributed by atoms with Crippen LogP contribution in [-0.4, -0.2) is 174 Å². The summed E-state index contributed by atoms with van der Waals surface area (Å²) in [5.74, 6) is 1.07. The van der Waals surface area contributed by atoms with Gasteiger partial charge in [-0.25, -0.2) is 14.6 Å². The molecule has 23 heteroatoms. The van der Waals surface area contributed by atoms with Gasteiger partial charge in [0.2, 0.25) is 0 Å². The molecule has 104 heavy (non-hydrogen) atoms. The Morgan fingerprint density at radius 2 is 1.44 bits per heavy atom. The number of ketones is 1. The number of aromatic hydroxyl groups is 1. The molecule has 1 spiro atoms. The quantitative estimate of drug-likeness (QED) is 0.0718. The smallest absolute Gasteiger partial charge is 0.337 e. The van der Waals surface area contributed by atoms with Crippen molar-refractivity contribution in [2.75, 3.05) is 73.5 Å². The van der Waals surface area contributed by atoms with Crippen LogP contribution in [0.5, 0.6) is 23.0 Å². The zero-order chi connectivity index (χ0) is 74.5. The summed E-state index contributed by atoms with van der Waals surface area (Å²) in [5.41, 5.74) is 4.60. The number of aromatic nitrogens is 5. The number of nitrogens with zero attached hydrogens (tertiary/aromatic N) is 9. The van der Waals surface area contributed by atoms with Crippen molar-refractivity contribution < 1.29 is 54.1 Å². The summed E-state index contributed by atoms with van der Waals surface area (Å²) in [5, 5.41) is 52.9. The number of likely N-dealkylation sites (tertiary alicyclic amines) is 1. The van der Waals surface area contributed by atoms with Gasteiger partial charge in [0.05, 0.1) is 60.0 Å². The molecule has 550 valence electrons. The molecule has 3 saturated carbocycles. The molecular weight excluding hydrogens is 1340 g/mol. The molecule has 16 rings (SSSR count). The molecule has 22 nitrogen and oxygen atoms in total. The average Bonchev–Trinajstić information content (AvgIpc) is 1.43. The monoisotopic (exact) mass is 1440 g/mol. The number of Topliss-reactive ketones (excluding diaryl/α,β-unsaturated/α-hetero) is 1. The summed E-state index contributed by atoms with van der Waals surface area (Å²) >= 11 is 1.87. The number of aliphatic hydroxyl groups is 2. The van der Waals surface area contributed by atoms with Crippen LogP contribution in [0.3, 0.4) is 0 Å². The number of imidazole rings is 1. The lowest BCUT2D eigenvalue weighted by Gasteiger charge is -2.62. The Labute approximate surface area is 611 Å². The van der Waals surface area contributed by atoms with Gasteiger partial charge in [-0.15, -0.1) is 0 Å². The number of ether oxygens (including phenoxy) is 3. The van der Waals surface area contributed by atoms with Crippen molar-refractivity contribution in [1.29, 1.82) is 0 Å². The fourth-order valence-corrected chi connectivity index (χ4v) is 16.7. The maximum atomic E-state index is 12.7. The number of anilines is 2. The number of hydrogen-bond donors (Lipinski definition) is 5. The number of piperidine rings is 1. The van der Waals surface area contributed by atoms with Crippen molar-refractivity contribution in [2.24, 2.45) is 33.0 Å². The summed E-state index contributed by atoms with van der Waals surface area (Å²) in [7, 11) is 16.5. The molecule has 6 heterocycles. The Balaban J connectivity index is 0.000000128. The lowest BCUT2D eigenvalue weighted by molar-refractivity contribution is -0.188. The largest absolute Gasteiger partial charge is 0.504 e. The predicted molar refractivity (Wildman–Crippen MR) is 403 cm³/mol. The van der Waals surface area contributed by atoms with E-state index >= 15 is 0 Å². The molecule has 1 unspecified atom stereocenters. The van der Waals surface area contributed by atoms with E-state index in [9.17, 15) is 39.3 Å². The summed E-state index contributed by atoms with van der Waals surface area (Å²) in [6.45, 7) is 7.84. The Morgan fingerprint density at radius 3 is 2.08 bits per heavy atom. The number of hydrogen-bond acceptors (Lipinski definition) is 18. The summed E-state index contributed by atoms with van der Waals surface area (Å²) < 4.78 is 20.5. The molecule has 3 aliphatic heterocycles. The Hall–Kier alpha value is -9.36. The molecule has 1 saturated heterocycles. The van der Waals surface area contributed by atoms with Crippen LogP contribution in [0.25, 0.3) is 21.9 Å². The topological polar surface area (TPSA) is 268 Å². The van der Waals surface area contributed by atoms with Crippen LogP contribution in [-0.2, 0) is 48.2 Å². The lowest BCUT2D eigenvalue weighted by Crippen LogP contribution is -2.76. The van der Waals surface area contributed by atoms with Gasteiger partial charge in [-0.2, -0.15) is 0 Å². The number of benzene rings is 6. The minimum absolute atomic E-state index is 0.0454. The van der Waals surface area contributed by atoms with Gasteiger partial charge >= 0.3 is 17.6 Å². The summed E-state index contributed by atoms with van der Waals surface area (Å²) in [4.78, 5) is 76.6. The van der Waals surface area contributed by atoms with Crippen molar-refractivity contribution in [3.05, 3.63) is 201 Å². The van der Waals surface area contributed by atoms with Crippen LogP contribution in [0, 0.1) is 11.8 Å². The number of pyridine rings is 1. The predicted octanol–water partition coefficient (Wildman–Crippen LogP) is 11.2. The molecule has 6 aromatic carbocycles. The first-order valence-electron chi connectivity index (χ1n) is 35.6. The van der Waals surface area contributed by atoms with Gasteiger partial charge in [-0.05, 0) is 194 Å². The maximum Gasteiger partial charge on any atom is 0.337 e. The number of likely N-dealkylation sites (N-methyl/N-ethyl adjacent to an activating group) is 1. The zero-order valence-electron chi connectivity index (χ0n) is 61.2. The van der Waals surface area contributed by atoms with Gasteiger partial charge in [0.1, 0.15) is 11.5 Å². The van der Waals surface area contributed by atoms with Gasteiger partial charge in [0.15, 0.2) is 34.6 Å². The second-order valence-corrected chi connectivity index (χ2v) is 29.9. The molecule has 2 bridgehead atoms. The molecule has 0 amide bonds. The van der Waals surface area contributed by atoms with E-state index in [0.29, 0.717) is 41.7 Å². The molecule has 5 N–H and O–H groups in total. The van der Waals surface area contributed by atoms with Gasteiger partial charge in [0, 0.05) is 92.9 Å². The van der Waals surface area contributed by atoms with Crippen LogP contribution in [0.1, 0.15) is 110 Å². The van der Waals surface area contributed by atoms with E-state index in [0.717, 1.165) is 113 Å². The average molecular weight is 1440 g/mol. The van der Waals surface area contributed by atoms with E-state index in [1.807, 2.05) is 78.5 Å². The number of aryl methyl sites for hydroxylation is 2. The van der Waals surface area contributed by atoms with Crippen LogP contribution < -0.4 is 30.4 Å². The van der Waals surface area contributed by atoms with Crippen LogP contribution in [0.15, 0.2) is 172 Å². The number of carboxylic acid groups (broad SMARTS) is 2. The first kappa shape index (κ1) is 75.8. The van der Waals surface area contributed by atoms with Gasteiger partial charge < -0.3 is 59.0 Å². The number of para-hydroxylation sites is 2. The second-order valence-electron chi connectivity index (χ2n) is 28.9. The number of methoxy groups -OCH3 is 2. The molecule has 9 aromatic rings. The van der Waals surface area contributed by atoms with Gasteiger partial charge in [0.25, 0.3) is 5.56 Å². The van der Waals surface area contributed by atoms with E-state index in [1.54, 1.807) is 51.9 Å². The molecular formula is C81H97N9O13S. The van der Waals surface area contributed by atoms with E-state index in [-0.39, 0.29) is 34.4 Å². The van der Waals surface area contributed by atoms with Crippen molar-refractivity contribution >= 4 is 62.8 Å². The zero-order valence-corrected chi connectivity index (χ0v) is 62.0. The summed E-state index contributed by atoms with van der Waals surface area (Å²) in [6.07, 6.45) is 12.9. The van der Waals surface area contributed by atoms with Crippen molar-refractivity contribution in [3.63, 3.8) is 0 Å². The Morgan fingerprint density at radius 1 is 0.760 bits per heavy atom. The van der Waals surface area contributed by atoms with Gasteiger partial charge in [-0.1, -0.05) is 91.3 Å². The number of rotatable bonds is 13. The normalized spacial score (nSPS) is 22.1.